The first-order chi connectivity index (χ1) is 15.8. The number of aromatic nitrogens is 2. The molecule has 1 fully saturated rings. The van der Waals surface area contributed by atoms with Crippen LogP contribution in [0, 0.1) is 5.92 Å². The minimum Gasteiger partial charge on any atom is -0.345 e. The van der Waals surface area contributed by atoms with Crippen LogP contribution in [0.5, 0.6) is 0 Å². The Bertz CT molecular complexity index is 1150. The fraction of sp³-hybridized carbons (Fsp3) is 0.500. The number of hydrogen-bond donors (Lipinski definition) is 0. The summed E-state index contributed by atoms with van der Waals surface area (Å²) in [5.74, 6) is -2.26. The van der Waals surface area contributed by atoms with E-state index in [0.29, 0.717) is 12.8 Å². The molecule has 2 unspecified atom stereocenters. The lowest BCUT2D eigenvalue weighted by atomic mass is 9.87. The average Bonchev–Trinajstić information content (AvgIpc) is 3.34. The zero-order valence-electron chi connectivity index (χ0n) is 19.5. The molecule has 7 heteroatoms. The Labute approximate surface area is 193 Å². The third-order valence-corrected chi connectivity index (χ3v) is 7.28. The van der Waals surface area contributed by atoms with Crippen molar-refractivity contribution in [3.8, 4) is 11.1 Å². The Morgan fingerprint density at radius 3 is 2.48 bits per heavy atom. The molecule has 2 aromatic heterocycles. The monoisotopic (exact) mass is 451 g/mol. The number of hydrogen-bond acceptors (Lipinski definition) is 4. The van der Waals surface area contributed by atoms with E-state index in [1.54, 1.807) is 0 Å². The van der Waals surface area contributed by atoms with Crippen LogP contribution in [-0.4, -0.2) is 33.6 Å². The summed E-state index contributed by atoms with van der Waals surface area (Å²) in [6.45, 7) is 4.94. The van der Waals surface area contributed by atoms with Crippen molar-refractivity contribution < 1.29 is 8.78 Å². The van der Waals surface area contributed by atoms with Gasteiger partial charge in [-0.05, 0) is 54.9 Å². The van der Waals surface area contributed by atoms with E-state index in [2.05, 4.69) is 65.3 Å². The molecule has 0 spiro atoms. The third-order valence-electron chi connectivity index (χ3n) is 7.28. The highest BCUT2D eigenvalue weighted by Gasteiger charge is 2.35. The van der Waals surface area contributed by atoms with Crippen LogP contribution in [0.4, 0.5) is 8.78 Å². The standard InChI is InChI=1S/C26H31F2N5/c1-4-18-5-7-20(8-6-18)22-16-33(15-19-9-11-26(27,28)12-10-19)23-13-21(14-29-24(22)23)25-17(2)30-31-32(25)3/h5-8,13-14,16-17,19,25H,4,9-12,15H2,1-3H3. The summed E-state index contributed by atoms with van der Waals surface area (Å²) in [4.78, 5) is 4.90. The SMILES string of the molecule is CCc1ccc(-c2cn(CC3CCC(F)(F)CC3)c3cc(C4C(C)N=NN4C)cnc23)cc1. The van der Waals surface area contributed by atoms with Gasteiger partial charge in [0, 0.05) is 44.4 Å². The maximum Gasteiger partial charge on any atom is 0.248 e. The fourth-order valence-corrected chi connectivity index (χ4v) is 5.27. The van der Waals surface area contributed by atoms with Gasteiger partial charge in [-0.2, -0.15) is 5.11 Å². The van der Waals surface area contributed by atoms with E-state index in [1.165, 1.54) is 5.56 Å². The molecule has 3 aromatic rings. The number of rotatable bonds is 5. The number of nitrogens with zero attached hydrogens (tertiary/aromatic N) is 5. The van der Waals surface area contributed by atoms with Gasteiger partial charge < -0.3 is 4.57 Å². The van der Waals surface area contributed by atoms with Crippen molar-refractivity contribution in [2.75, 3.05) is 7.05 Å². The van der Waals surface area contributed by atoms with Crippen LogP contribution in [0.25, 0.3) is 22.2 Å². The molecule has 5 nitrogen and oxygen atoms in total. The van der Waals surface area contributed by atoms with Crippen LogP contribution in [0.3, 0.4) is 0 Å². The number of benzene rings is 1. The van der Waals surface area contributed by atoms with E-state index in [9.17, 15) is 8.78 Å². The number of aryl methyl sites for hydroxylation is 1. The fourth-order valence-electron chi connectivity index (χ4n) is 5.27. The van der Waals surface area contributed by atoms with Crippen molar-refractivity contribution in [2.24, 2.45) is 16.3 Å². The molecule has 0 radical (unpaired) electrons. The van der Waals surface area contributed by atoms with Gasteiger partial charge in [-0.15, -0.1) is 0 Å². The van der Waals surface area contributed by atoms with Crippen LogP contribution < -0.4 is 0 Å². The first-order valence-electron chi connectivity index (χ1n) is 11.9. The van der Waals surface area contributed by atoms with Crippen molar-refractivity contribution in [2.45, 2.75) is 70.5 Å². The summed E-state index contributed by atoms with van der Waals surface area (Å²) in [5, 5.41) is 10.4. The van der Waals surface area contributed by atoms with Crippen LogP contribution in [0.1, 0.15) is 56.7 Å². The largest absolute Gasteiger partial charge is 0.345 e. The lowest BCUT2D eigenvalue weighted by Crippen LogP contribution is -2.26. The minimum absolute atomic E-state index is 0.0148. The van der Waals surface area contributed by atoms with E-state index in [4.69, 9.17) is 4.98 Å². The maximum absolute atomic E-state index is 13.7. The molecule has 1 aromatic carbocycles. The molecule has 3 heterocycles. The number of pyridine rings is 1. The van der Waals surface area contributed by atoms with Gasteiger partial charge in [-0.25, -0.2) is 8.78 Å². The first kappa shape index (κ1) is 22.0. The third kappa shape index (κ3) is 4.25. The molecule has 2 aliphatic rings. The second kappa shape index (κ2) is 8.50. The number of halogens is 2. The number of fused-ring (bicyclic) bond motifs is 1. The van der Waals surface area contributed by atoms with Crippen LogP contribution in [0.2, 0.25) is 0 Å². The van der Waals surface area contributed by atoms with Gasteiger partial charge in [0.25, 0.3) is 0 Å². The molecule has 0 amide bonds. The molecule has 1 aliphatic heterocycles. The van der Waals surface area contributed by atoms with Gasteiger partial charge >= 0.3 is 0 Å². The molecule has 2 atom stereocenters. The van der Waals surface area contributed by atoms with Gasteiger partial charge in [-0.1, -0.05) is 36.4 Å². The Morgan fingerprint density at radius 1 is 1.12 bits per heavy atom. The lowest BCUT2D eigenvalue weighted by molar-refractivity contribution is -0.0472. The molecule has 5 rings (SSSR count). The summed E-state index contributed by atoms with van der Waals surface area (Å²) in [7, 11) is 1.93. The van der Waals surface area contributed by atoms with Gasteiger partial charge in [-0.3, -0.25) is 9.99 Å². The van der Waals surface area contributed by atoms with E-state index >= 15 is 0 Å². The molecular weight excluding hydrogens is 420 g/mol. The minimum atomic E-state index is -2.51. The predicted octanol–water partition coefficient (Wildman–Crippen LogP) is 6.83. The molecule has 0 saturated heterocycles. The highest BCUT2D eigenvalue weighted by atomic mass is 19.3. The van der Waals surface area contributed by atoms with E-state index in [1.807, 2.05) is 18.3 Å². The highest BCUT2D eigenvalue weighted by Crippen LogP contribution is 2.39. The molecule has 174 valence electrons. The van der Waals surface area contributed by atoms with E-state index in [-0.39, 0.29) is 30.8 Å². The normalized spacial score (nSPS) is 23.0. The second-order valence-electron chi connectivity index (χ2n) is 9.65. The molecule has 1 saturated carbocycles. The van der Waals surface area contributed by atoms with Gasteiger partial charge in [0.15, 0.2) is 0 Å². The van der Waals surface area contributed by atoms with Crippen molar-refractivity contribution in [3.05, 3.63) is 53.9 Å². The Kier molecular flexibility index (Phi) is 5.67. The molecule has 33 heavy (non-hydrogen) atoms. The second-order valence-corrected chi connectivity index (χ2v) is 9.65. The highest BCUT2D eigenvalue weighted by molar-refractivity contribution is 5.93. The van der Waals surface area contributed by atoms with E-state index < -0.39 is 5.92 Å². The Balaban J connectivity index is 1.55. The summed E-state index contributed by atoms with van der Waals surface area (Å²) >= 11 is 0. The number of alkyl halides is 2. The summed E-state index contributed by atoms with van der Waals surface area (Å²) < 4.78 is 29.7. The van der Waals surface area contributed by atoms with Crippen LogP contribution >= 0.6 is 0 Å². The van der Waals surface area contributed by atoms with Gasteiger partial charge in [0.1, 0.15) is 0 Å². The molecule has 0 N–H and O–H groups in total. The van der Waals surface area contributed by atoms with E-state index in [0.717, 1.165) is 40.7 Å². The average molecular weight is 452 g/mol. The molecule has 1 aliphatic carbocycles. The number of likely N-dealkylation sites (N-methyl/N-ethyl adjacent to an activating group) is 1. The smallest absolute Gasteiger partial charge is 0.248 e. The van der Waals surface area contributed by atoms with Crippen molar-refractivity contribution >= 4 is 11.0 Å². The lowest BCUT2D eigenvalue weighted by Gasteiger charge is -2.28. The summed E-state index contributed by atoms with van der Waals surface area (Å²) in [6, 6.07) is 10.9. The van der Waals surface area contributed by atoms with Crippen molar-refractivity contribution in [1.29, 1.82) is 0 Å². The van der Waals surface area contributed by atoms with Crippen molar-refractivity contribution in [1.82, 2.24) is 14.6 Å². The van der Waals surface area contributed by atoms with Crippen molar-refractivity contribution in [3.63, 3.8) is 0 Å². The van der Waals surface area contributed by atoms with Gasteiger partial charge in [0.05, 0.1) is 23.1 Å². The van der Waals surface area contributed by atoms with Crippen LogP contribution in [0.15, 0.2) is 53.1 Å². The zero-order chi connectivity index (χ0) is 23.2. The Hall–Kier alpha value is -2.83. The summed E-state index contributed by atoms with van der Waals surface area (Å²) in [5.41, 5.74) is 6.58. The Morgan fingerprint density at radius 2 is 1.85 bits per heavy atom. The zero-order valence-corrected chi connectivity index (χ0v) is 19.5. The van der Waals surface area contributed by atoms with Crippen LogP contribution in [-0.2, 0) is 13.0 Å². The maximum atomic E-state index is 13.7. The summed E-state index contributed by atoms with van der Waals surface area (Å²) in [6.07, 6.45) is 6.18. The molecular formula is C26H31F2N5. The quantitative estimate of drug-likeness (QED) is 0.427. The molecule has 0 bridgehead atoms. The van der Waals surface area contributed by atoms with Gasteiger partial charge in [0.2, 0.25) is 5.92 Å². The topological polar surface area (TPSA) is 45.8 Å². The first-order valence-corrected chi connectivity index (χ1v) is 11.9. The predicted molar refractivity (Wildman–Crippen MR) is 126 cm³/mol.